The van der Waals surface area contributed by atoms with Crippen LogP contribution in [0.1, 0.15) is 11.1 Å². The minimum atomic E-state index is -0.227. The number of benzene rings is 2. The van der Waals surface area contributed by atoms with Gasteiger partial charge in [0.25, 0.3) is 0 Å². The van der Waals surface area contributed by atoms with E-state index in [0.717, 1.165) is 10.0 Å². The zero-order valence-electron chi connectivity index (χ0n) is 9.91. The van der Waals surface area contributed by atoms with Gasteiger partial charge < -0.3 is 10.5 Å². The van der Waals surface area contributed by atoms with Gasteiger partial charge >= 0.3 is 0 Å². The van der Waals surface area contributed by atoms with E-state index >= 15 is 0 Å². The van der Waals surface area contributed by atoms with Crippen LogP contribution in [0.4, 0.5) is 10.1 Å². The molecule has 0 saturated carbocycles. The molecule has 2 rings (SSSR count). The van der Waals surface area contributed by atoms with E-state index in [4.69, 9.17) is 10.5 Å². The Morgan fingerprint density at radius 1 is 1.22 bits per heavy atom. The van der Waals surface area contributed by atoms with Crippen LogP contribution in [-0.2, 0) is 6.61 Å². The number of rotatable bonds is 3. The van der Waals surface area contributed by atoms with Gasteiger partial charge in [0.2, 0.25) is 0 Å². The first-order chi connectivity index (χ1) is 8.56. The summed E-state index contributed by atoms with van der Waals surface area (Å²) in [5.74, 6) is 0.422. The van der Waals surface area contributed by atoms with Crippen molar-refractivity contribution in [1.29, 1.82) is 0 Å². The fourth-order valence-electron chi connectivity index (χ4n) is 1.56. The highest BCUT2D eigenvalue weighted by Crippen LogP contribution is 2.22. The first-order valence-electron chi connectivity index (χ1n) is 5.49. The number of hydrogen-bond donors (Lipinski definition) is 1. The van der Waals surface area contributed by atoms with E-state index in [1.807, 2.05) is 18.2 Å². The van der Waals surface area contributed by atoms with Gasteiger partial charge in [-0.2, -0.15) is 0 Å². The molecular weight excluding hydrogens is 297 g/mol. The number of hydrogen-bond acceptors (Lipinski definition) is 2. The third-order valence-corrected chi connectivity index (χ3v) is 3.32. The van der Waals surface area contributed by atoms with Crippen molar-refractivity contribution in [2.45, 2.75) is 13.5 Å². The van der Waals surface area contributed by atoms with Gasteiger partial charge in [0.15, 0.2) is 0 Å². The van der Waals surface area contributed by atoms with Crippen LogP contribution in [-0.4, -0.2) is 0 Å². The van der Waals surface area contributed by atoms with E-state index in [2.05, 4.69) is 15.9 Å². The number of halogens is 2. The van der Waals surface area contributed by atoms with Gasteiger partial charge in [-0.3, -0.25) is 0 Å². The number of nitrogen functional groups attached to an aromatic ring is 1. The molecule has 0 spiro atoms. The molecule has 0 aliphatic rings. The quantitative estimate of drug-likeness (QED) is 0.868. The molecule has 0 amide bonds. The Hall–Kier alpha value is -1.55. The Morgan fingerprint density at radius 3 is 2.67 bits per heavy atom. The molecule has 4 heteroatoms. The number of nitrogens with two attached hydrogens (primary N) is 1. The van der Waals surface area contributed by atoms with Gasteiger partial charge in [0.05, 0.1) is 0 Å². The van der Waals surface area contributed by atoms with Crippen molar-refractivity contribution in [3.8, 4) is 5.75 Å². The predicted molar refractivity (Wildman–Crippen MR) is 74.0 cm³/mol. The highest BCUT2D eigenvalue weighted by atomic mass is 79.9. The fourth-order valence-corrected chi connectivity index (χ4v) is 1.80. The van der Waals surface area contributed by atoms with Crippen molar-refractivity contribution < 1.29 is 9.13 Å². The van der Waals surface area contributed by atoms with Gasteiger partial charge in [-0.25, -0.2) is 4.39 Å². The van der Waals surface area contributed by atoms with E-state index < -0.39 is 0 Å². The van der Waals surface area contributed by atoms with Crippen molar-refractivity contribution in [3.63, 3.8) is 0 Å². The van der Waals surface area contributed by atoms with Crippen molar-refractivity contribution in [2.75, 3.05) is 5.73 Å². The summed E-state index contributed by atoms with van der Waals surface area (Å²) in [4.78, 5) is 0. The van der Waals surface area contributed by atoms with E-state index in [1.54, 1.807) is 19.1 Å². The maximum absolute atomic E-state index is 13.1. The molecule has 0 fully saturated rings. The van der Waals surface area contributed by atoms with Gasteiger partial charge in [-0.15, -0.1) is 0 Å². The number of ether oxygens (including phenoxy) is 1. The summed E-state index contributed by atoms with van der Waals surface area (Å²) in [5, 5.41) is 0. The van der Waals surface area contributed by atoms with E-state index in [9.17, 15) is 4.39 Å². The van der Waals surface area contributed by atoms with Crippen LogP contribution in [0, 0.1) is 12.7 Å². The zero-order valence-corrected chi connectivity index (χ0v) is 11.5. The fraction of sp³-hybridized carbons (Fsp3) is 0.143. The van der Waals surface area contributed by atoms with Crippen LogP contribution >= 0.6 is 15.9 Å². The Labute approximate surface area is 114 Å². The molecule has 0 saturated heterocycles. The Balaban J connectivity index is 2.06. The first-order valence-corrected chi connectivity index (χ1v) is 6.28. The van der Waals surface area contributed by atoms with Crippen molar-refractivity contribution >= 4 is 21.6 Å². The van der Waals surface area contributed by atoms with Crippen molar-refractivity contribution in [2.24, 2.45) is 0 Å². The molecule has 0 aromatic heterocycles. The first kappa shape index (κ1) is 12.9. The third-order valence-electron chi connectivity index (χ3n) is 2.60. The zero-order chi connectivity index (χ0) is 13.1. The standard InChI is InChI=1S/C14H13BrFNO/c1-9-6-11(3-5-13(9)16)18-8-10-2-4-12(15)14(17)7-10/h2-7H,8,17H2,1H3. The summed E-state index contributed by atoms with van der Waals surface area (Å²) in [7, 11) is 0. The van der Waals surface area contributed by atoms with Crippen molar-refractivity contribution in [1.82, 2.24) is 0 Å². The lowest BCUT2D eigenvalue weighted by atomic mass is 10.2. The molecule has 0 bridgehead atoms. The van der Waals surface area contributed by atoms with Crippen LogP contribution in [0.2, 0.25) is 0 Å². The van der Waals surface area contributed by atoms with E-state index in [1.165, 1.54) is 6.07 Å². The average molecular weight is 310 g/mol. The van der Waals surface area contributed by atoms with Crippen molar-refractivity contribution in [3.05, 3.63) is 57.8 Å². The maximum Gasteiger partial charge on any atom is 0.126 e. The predicted octanol–water partition coefficient (Wildman–Crippen LogP) is 4.06. The summed E-state index contributed by atoms with van der Waals surface area (Å²) in [5.41, 5.74) is 8.00. The molecule has 0 radical (unpaired) electrons. The average Bonchev–Trinajstić information content (AvgIpc) is 2.35. The minimum absolute atomic E-state index is 0.227. The maximum atomic E-state index is 13.1. The van der Waals surface area contributed by atoms with Crippen LogP contribution in [0.5, 0.6) is 5.75 Å². The largest absolute Gasteiger partial charge is 0.489 e. The Bertz CT molecular complexity index is 520. The molecule has 0 atom stereocenters. The summed E-state index contributed by atoms with van der Waals surface area (Å²) in [6, 6.07) is 10.4. The molecular formula is C14H13BrFNO. The number of aryl methyl sites for hydroxylation is 1. The molecule has 0 aliphatic carbocycles. The molecule has 18 heavy (non-hydrogen) atoms. The smallest absolute Gasteiger partial charge is 0.126 e. The van der Waals surface area contributed by atoms with Crippen LogP contribution < -0.4 is 10.5 Å². The summed E-state index contributed by atoms with van der Waals surface area (Å²) in [6.07, 6.45) is 0. The third kappa shape index (κ3) is 3.01. The molecule has 0 unspecified atom stereocenters. The normalized spacial score (nSPS) is 10.4. The van der Waals surface area contributed by atoms with Gasteiger partial charge in [0, 0.05) is 10.2 Å². The summed E-state index contributed by atoms with van der Waals surface area (Å²) >= 11 is 3.34. The lowest BCUT2D eigenvalue weighted by Gasteiger charge is -2.08. The van der Waals surface area contributed by atoms with Crippen LogP contribution in [0.3, 0.4) is 0 Å². The molecule has 0 heterocycles. The summed E-state index contributed by atoms with van der Waals surface area (Å²) < 4.78 is 19.5. The van der Waals surface area contributed by atoms with Gasteiger partial charge in [0.1, 0.15) is 18.2 Å². The highest BCUT2D eigenvalue weighted by molar-refractivity contribution is 9.10. The molecule has 0 aliphatic heterocycles. The van der Waals surface area contributed by atoms with E-state index in [-0.39, 0.29) is 5.82 Å². The molecule has 94 valence electrons. The topological polar surface area (TPSA) is 35.2 Å². The molecule has 2 N–H and O–H groups in total. The second-order valence-electron chi connectivity index (χ2n) is 4.06. The minimum Gasteiger partial charge on any atom is -0.489 e. The Kier molecular flexibility index (Phi) is 3.87. The van der Waals surface area contributed by atoms with Gasteiger partial charge in [-0.1, -0.05) is 6.07 Å². The molecule has 2 aromatic rings. The Morgan fingerprint density at radius 2 is 2.00 bits per heavy atom. The second-order valence-corrected chi connectivity index (χ2v) is 4.91. The second kappa shape index (κ2) is 5.40. The van der Waals surface area contributed by atoms with Crippen LogP contribution in [0.25, 0.3) is 0 Å². The van der Waals surface area contributed by atoms with Gasteiger partial charge in [-0.05, 0) is 64.3 Å². The lowest BCUT2D eigenvalue weighted by Crippen LogP contribution is -1.98. The lowest BCUT2D eigenvalue weighted by molar-refractivity contribution is 0.305. The number of anilines is 1. The summed E-state index contributed by atoms with van der Waals surface area (Å²) in [6.45, 7) is 2.11. The highest BCUT2D eigenvalue weighted by Gasteiger charge is 2.02. The molecule has 2 nitrogen and oxygen atoms in total. The van der Waals surface area contributed by atoms with E-state index in [0.29, 0.717) is 23.6 Å². The SMILES string of the molecule is Cc1cc(OCc2ccc(Br)c(N)c2)ccc1F. The van der Waals surface area contributed by atoms with Crippen LogP contribution in [0.15, 0.2) is 40.9 Å². The molecule has 2 aromatic carbocycles. The monoisotopic (exact) mass is 309 g/mol.